The summed E-state index contributed by atoms with van der Waals surface area (Å²) in [5, 5.41) is 0. The molecule has 0 fully saturated rings. The quantitative estimate of drug-likeness (QED) is 0.621. The lowest BCUT2D eigenvalue weighted by atomic mass is 9.91. The van der Waals surface area contributed by atoms with E-state index in [9.17, 15) is 0 Å². The molecule has 3 atom stereocenters. The first-order chi connectivity index (χ1) is 7.56. The summed E-state index contributed by atoms with van der Waals surface area (Å²) in [4.78, 5) is 0. The zero-order chi connectivity index (χ0) is 12.1. The maximum atomic E-state index is 5.94. The van der Waals surface area contributed by atoms with Gasteiger partial charge in [-0.15, -0.1) is 0 Å². The Kier molecular flexibility index (Phi) is 4.85. The van der Waals surface area contributed by atoms with E-state index in [-0.39, 0.29) is 6.10 Å². The van der Waals surface area contributed by atoms with Crippen LogP contribution in [0.25, 0.3) is 0 Å². The number of ether oxygens (including phenoxy) is 1. The van der Waals surface area contributed by atoms with Crippen LogP contribution in [-0.4, -0.2) is 6.10 Å². The molecule has 1 heteroatoms. The largest absolute Gasteiger partial charge is 0.495 e. The molecule has 0 saturated heterocycles. The van der Waals surface area contributed by atoms with Crippen molar-refractivity contribution in [2.24, 2.45) is 11.8 Å². The highest BCUT2D eigenvalue weighted by Gasteiger charge is 2.20. The molecule has 0 aromatic carbocycles. The molecule has 1 aliphatic carbocycles. The van der Waals surface area contributed by atoms with Crippen molar-refractivity contribution in [1.82, 2.24) is 0 Å². The Morgan fingerprint density at radius 3 is 2.81 bits per heavy atom. The molecular weight excluding hydrogens is 196 g/mol. The summed E-state index contributed by atoms with van der Waals surface area (Å²) < 4.78 is 5.94. The topological polar surface area (TPSA) is 9.23 Å². The highest BCUT2D eigenvalue weighted by Crippen LogP contribution is 2.29. The van der Waals surface area contributed by atoms with E-state index in [1.165, 1.54) is 5.57 Å². The van der Waals surface area contributed by atoms with Crippen molar-refractivity contribution in [1.29, 1.82) is 0 Å². The molecule has 0 aromatic heterocycles. The maximum absolute atomic E-state index is 5.94. The molecule has 0 amide bonds. The van der Waals surface area contributed by atoms with Crippen LogP contribution in [0.1, 0.15) is 40.5 Å². The van der Waals surface area contributed by atoms with Gasteiger partial charge in [0.1, 0.15) is 0 Å². The summed E-state index contributed by atoms with van der Waals surface area (Å²) in [5.74, 6) is 1.88. The number of allylic oxidation sites excluding steroid dienone is 4. The average Bonchev–Trinajstić information content (AvgIpc) is 2.28. The molecule has 0 bridgehead atoms. The first-order valence-corrected chi connectivity index (χ1v) is 6.25. The third kappa shape index (κ3) is 3.26. The van der Waals surface area contributed by atoms with Gasteiger partial charge < -0.3 is 4.74 Å². The fourth-order valence-electron chi connectivity index (χ4n) is 1.89. The van der Waals surface area contributed by atoms with E-state index in [0.717, 1.165) is 18.6 Å². The van der Waals surface area contributed by atoms with E-state index in [4.69, 9.17) is 4.74 Å². The van der Waals surface area contributed by atoms with Crippen LogP contribution in [0.4, 0.5) is 0 Å². The molecule has 0 aliphatic heterocycles. The van der Waals surface area contributed by atoms with E-state index in [1.54, 1.807) is 0 Å². The molecule has 2 unspecified atom stereocenters. The van der Waals surface area contributed by atoms with E-state index in [0.29, 0.717) is 11.8 Å². The monoisotopic (exact) mass is 220 g/mol. The zero-order valence-corrected chi connectivity index (χ0v) is 11.0. The lowest BCUT2D eigenvalue weighted by Gasteiger charge is -2.27. The van der Waals surface area contributed by atoms with Gasteiger partial charge in [0.15, 0.2) is 0 Å². The first kappa shape index (κ1) is 13.1. The maximum Gasteiger partial charge on any atom is 0.0979 e. The zero-order valence-electron chi connectivity index (χ0n) is 11.0. The van der Waals surface area contributed by atoms with Gasteiger partial charge in [0.25, 0.3) is 0 Å². The standard InChI is InChI=1S/C15H24O/c1-6-11(2)13(4)16-14(5)15-10-8-7-9-12(15)3/h7-9,11,13,15H,5-6,10H2,1-4H3/t11-,13?,15?/m0/s1. The third-order valence-corrected chi connectivity index (χ3v) is 3.59. The van der Waals surface area contributed by atoms with Crippen LogP contribution in [0.3, 0.4) is 0 Å². The van der Waals surface area contributed by atoms with E-state index >= 15 is 0 Å². The summed E-state index contributed by atoms with van der Waals surface area (Å²) >= 11 is 0. The van der Waals surface area contributed by atoms with Crippen molar-refractivity contribution in [2.45, 2.75) is 46.6 Å². The molecule has 1 rings (SSSR count). The van der Waals surface area contributed by atoms with Crippen LogP contribution in [0, 0.1) is 11.8 Å². The van der Waals surface area contributed by atoms with E-state index in [2.05, 4.69) is 52.5 Å². The van der Waals surface area contributed by atoms with Gasteiger partial charge in [-0.3, -0.25) is 0 Å². The Labute approximate surface area is 99.9 Å². The second-order valence-corrected chi connectivity index (χ2v) is 4.80. The second kappa shape index (κ2) is 5.93. The van der Waals surface area contributed by atoms with Crippen LogP contribution >= 0.6 is 0 Å². The summed E-state index contributed by atoms with van der Waals surface area (Å²) in [6, 6.07) is 0. The van der Waals surface area contributed by atoms with Gasteiger partial charge in [0.05, 0.1) is 11.9 Å². The van der Waals surface area contributed by atoms with Crippen LogP contribution < -0.4 is 0 Å². The summed E-state index contributed by atoms with van der Waals surface area (Å²) in [6.45, 7) is 12.8. The lowest BCUT2D eigenvalue weighted by molar-refractivity contribution is 0.0700. The summed E-state index contributed by atoms with van der Waals surface area (Å²) in [7, 11) is 0. The normalized spacial score (nSPS) is 23.5. The van der Waals surface area contributed by atoms with Crippen LogP contribution in [-0.2, 0) is 4.74 Å². The highest BCUT2D eigenvalue weighted by atomic mass is 16.5. The van der Waals surface area contributed by atoms with Crippen LogP contribution in [0.5, 0.6) is 0 Å². The second-order valence-electron chi connectivity index (χ2n) is 4.80. The minimum absolute atomic E-state index is 0.260. The Hall–Kier alpha value is -0.980. The molecule has 0 N–H and O–H groups in total. The van der Waals surface area contributed by atoms with Crippen molar-refractivity contribution in [2.75, 3.05) is 0 Å². The third-order valence-electron chi connectivity index (χ3n) is 3.59. The molecule has 1 aliphatic rings. The lowest BCUT2D eigenvalue weighted by Crippen LogP contribution is -2.20. The first-order valence-electron chi connectivity index (χ1n) is 6.25. The van der Waals surface area contributed by atoms with Gasteiger partial charge in [0, 0.05) is 5.92 Å². The van der Waals surface area contributed by atoms with Gasteiger partial charge >= 0.3 is 0 Å². The molecule has 90 valence electrons. The minimum atomic E-state index is 0.260. The Morgan fingerprint density at radius 1 is 1.56 bits per heavy atom. The van der Waals surface area contributed by atoms with Crippen LogP contribution in [0.2, 0.25) is 0 Å². The van der Waals surface area contributed by atoms with Gasteiger partial charge in [-0.05, 0) is 26.2 Å². The van der Waals surface area contributed by atoms with Gasteiger partial charge in [0.2, 0.25) is 0 Å². The molecule has 16 heavy (non-hydrogen) atoms. The Balaban J connectivity index is 2.53. The predicted molar refractivity (Wildman–Crippen MR) is 70.1 cm³/mol. The van der Waals surface area contributed by atoms with Crippen molar-refractivity contribution in [3.8, 4) is 0 Å². The van der Waals surface area contributed by atoms with Gasteiger partial charge in [-0.1, -0.05) is 50.6 Å². The van der Waals surface area contributed by atoms with Crippen molar-refractivity contribution in [3.05, 3.63) is 36.1 Å². The summed E-state index contributed by atoms with van der Waals surface area (Å²) in [6.07, 6.45) is 8.87. The molecule has 1 nitrogen and oxygen atoms in total. The van der Waals surface area contributed by atoms with Crippen LogP contribution in [0.15, 0.2) is 36.1 Å². The minimum Gasteiger partial charge on any atom is -0.495 e. The SMILES string of the molecule is C=C(OC(C)[C@@H](C)CC)C1CC=CC=C1C. The smallest absolute Gasteiger partial charge is 0.0979 e. The molecular formula is C15H24O. The van der Waals surface area contributed by atoms with Crippen molar-refractivity contribution in [3.63, 3.8) is 0 Å². The molecule has 0 heterocycles. The van der Waals surface area contributed by atoms with E-state index < -0.39 is 0 Å². The summed E-state index contributed by atoms with van der Waals surface area (Å²) in [5.41, 5.74) is 1.35. The number of hydrogen-bond donors (Lipinski definition) is 0. The van der Waals surface area contributed by atoms with E-state index in [1.807, 2.05) is 0 Å². The predicted octanol–water partition coefficient (Wildman–Crippen LogP) is 4.47. The molecule has 0 radical (unpaired) electrons. The highest BCUT2D eigenvalue weighted by molar-refractivity contribution is 5.24. The molecule has 0 aromatic rings. The number of rotatable bonds is 5. The molecule has 0 spiro atoms. The van der Waals surface area contributed by atoms with Gasteiger partial charge in [-0.25, -0.2) is 0 Å². The van der Waals surface area contributed by atoms with Crippen molar-refractivity contribution < 1.29 is 4.74 Å². The van der Waals surface area contributed by atoms with Crippen molar-refractivity contribution >= 4 is 0 Å². The Bertz CT molecular complexity index is 299. The average molecular weight is 220 g/mol. The fourth-order valence-corrected chi connectivity index (χ4v) is 1.89. The fraction of sp³-hybridized carbons (Fsp3) is 0.600. The molecule has 0 saturated carbocycles. The number of hydrogen-bond acceptors (Lipinski definition) is 1. The van der Waals surface area contributed by atoms with Gasteiger partial charge in [-0.2, -0.15) is 0 Å². The Morgan fingerprint density at radius 2 is 2.25 bits per heavy atom.